The van der Waals surface area contributed by atoms with E-state index in [0.29, 0.717) is 16.9 Å². The van der Waals surface area contributed by atoms with Crippen LogP contribution in [0.25, 0.3) is 0 Å². The second-order valence-corrected chi connectivity index (χ2v) is 6.95. The largest absolute Gasteiger partial charge is 0.471 e. The van der Waals surface area contributed by atoms with E-state index in [9.17, 15) is 10.1 Å². The maximum Gasteiger partial charge on any atom is 0.358 e. The second-order valence-electron chi connectivity index (χ2n) is 6.95. The minimum Gasteiger partial charge on any atom is -0.471 e. The SMILES string of the molecule is COC(=O)c1ccn(COc2ccccc2C2N=C(NC#N)Nc3nc(N)c(C#N)c(N)c32)n1. The number of nitrogen functional groups attached to an aromatic ring is 2. The van der Waals surface area contributed by atoms with Crippen molar-refractivity contribution >= 4 is 29.3 Å². The molecule has 34 heavy (non-hydrogen) atoms. The maximum absolute atomic E-state index is 11.6. The minimum atomic E-state index is -0.772. The molecule has 1 aliphatic rings. The molecule has 0 radical (unpaired) electrons. The number of ether oxygens (including phenoxy) is 2. The molecule has 1 aromatic carbocycles. The fourth-order valence-corrected chi connectivity index (χ4v) is 3.43. The lowest BCUT2D eigenvalue weighted by molar-refractivity contribution is 0.0592. The van der Waals surface area contributed by atoms with E-state index in [-0.39, 0.29) is 41.3 Å². The van der Waals surface area contributed by atoms with Gasteiger partial charge in [0, 0.05) is 17.3 Å². The number of hydrogen-bond donors (Lipinski definition) is 4. The van der Waals surface area contributed by atoms with Crippen molar-refractivity contribution in [1.82, 2.24) is 20.1 Å². The van der Waals surface area contributed by atoms with E-state index in [1.165, 1.54) is 17.9 Å². The van der Waals surface area contributed by atoms with Crippen LogP contribution in [0.15, 0.2) is 41.5 Å². The molecule has 0 fully saturated rings. The molecule has 0 amide bonds. The van der Waals surface area contributed by atoms with Gasteiger partial charge in [-0.3, -0.25) is 5.32 Å². The zero-order chi connectivity index (χ0) is 24.2. The number of carbonyl (C=O) groups excluding carboxylic acids is 1. The standard InChI is InChI=1S/C21H18N10O3/c1-33-20(32)13-6-7-31(30-13)10-34-14-5-3-2-4-11(14)17-15-16(24)12(8-22)18(25)28-19(15)29-21(27-17)26-9-23/h2-7,17H,10H2,1H3,(H6,24,25,26,27,28,29). The lowest BCUT2D eigenvalue weighted by Crippen LogP contribution is -2.33. The summed E-state index contributed by atoms with van der Waals surface area (Å²) in [6, 6.07) is 9.75. The van der Waals surface area contributed by atoms with E-state index in [1.807, 2.05) is 6.07 Å². The smallest absolute Gasteiger partial charge is 0.358 e. The summed E-state index contributed by atoms with van der Waals surface area (Å²) in [4.78, 5) is 20.4. The molecule has 0 saturated carbocycles. The minimum absolute atomic E-state index is 0.0161. The van der Waals surface area contributed by atoms with Gasteiger partial charge in [-0.05, 0) is 12.1 Å². The Labute approximate surface area is 193 Å². The molecule has 1 aliphatic heterocycles. The van der Waals surface area contributed by atoms with E-state index in [2.05, 4.69) is 30.4 Å². The molecule has 1 unspecified atom stereocenters. The number of carbonyl (C=O) groups is 1. The van der Waals surface area contributed by atoms with E-state index >= 15 is 0 Å². The summed E-state index contributed by atoms with van der Waals surface area (Å²) in [6.45, 7) is -0.0161. The van der Waals surface area contributed by atoms with Crippen LogP contribution < -0.4 is 26.8 Å². The fraction of sp³-hybridized carbons (Fsp3) is 0.143. The van der Waals surface area contributed by atoms with Gasteiger partial charge in [0.25, 0.3) is 0 Å². The molecule has 3 aromatic rings. The molecule has 0 bridgehead atoms. The number of benzene rings is 1. The van der Waals surface area contributed by atoms with Gasteiger partial charge in [-0.1, -0.05) is 18.2 Å². The molecule has 3 heterocycles. The highest BCUT2D eigenvalue weighted by molar-refractivity contribution is 5.98. The molecular formula is C21H18N10O3. The van der Waals surface area contributed by atoms with Crippen molar-refractivity contribution in [3.05, 3.63) is 58.9 Å². The van der Waals surface area contributed by atoms with Gasteiger partial charge in [0.05, 0.1) is 12.8 Å². The van der Waals surface area contributed by atoms with Crippen molar-refractivity contribution in [3.63, 3.8) is 0 Å². The van der Waals surface area contributed by atoms with Crippen LogP contribution in [0, 0.1) is 22.8 Å². The quantitative estimate of drug-likeness (QED) is 0.242. The first-order valence-corrected chi connectivity index (χ1v) is 9.79. The number of anilines is 3. The zero-order valence-electron chi connectivity index (χ0n) is 17.8. The third kappa shape index (κ3) is 3.96. The Morgan fingerprint density at radius 1 is 1.29 bits per heavy atom. The summed E-state index contributed by atoms with van der Waals surface area (Å²) in [7, 11) is 1.27. The summed E-state index contributed by atoms with van der Waals surface area (Å²) in [5.41, 5.74) is 13.5. The van der Waals surface area contributed by atoms with Crippen LogP contribution >= 0.6 is 0 Å². The highest BCUT2D eigenvalue weighted by atomic mass is 16.5. The first-order chi connectivity index (χ1) is 16.5. The van der Waals surface area contributed by atoms with Crippen LogP contribution in [0.5, 0.6) is 5.75 Å². The lowest BCUT2D eigenvalue weighted by Gasteiger charge is -2.27. The van der Waals surface area contributed by atoms with Gasteiger partial charge in [0.2, 0.25) is 5.96 Å². The number of nitrogens with zero attached hydrogens (tertiary/aromatic N) is 6. The first kappa shape index (κ1) is 21.9. The number of pyridine rings is 1. The van der Waals surface area contributed by atoms with Crippen LogP contribution in [0.2, 0.25) is 0 Å². The van der Waals surface area contributed by atoms with Gasteiger partial charge in [0.15, 0.2) is 18.6 Å². The van der Waals surface area contributed by atoms with Gasteiger partial charge in [-0.15, -0.1) is 0 Å². The molecule has 0 aliphatic carbocycles. The van der Waals surface area contributed by atoms with Crippen LogP contribution in [0.1, 0.15) is 33.2 Å². The number of nitriles is 2. The molecule has 0 spiro atoms. The summed E-state index contributed by atoms with van der Waals surface area (Å²) in [6.07, 6.45) is 3.38. The molecule has 6 N–H and O–H groups in total. The van der Waals surface area contributed by atoms with Crippen molar-refractivity contribution < 1.29 is 14.3 Å². The number of nitrogens with one attached hydrogen (secondary N) is 2. The zero-order valence-corrected chi connectivity index (χ0v) is 17.8. The number of para-hydroxylation sites is 1. The Kier molecular flexibility index (Phi) is 5.84. The van der Waals surface area contributed by atoms with Crippen LogP contribution in [0.3, 0.4) is 0 Å². The third-order valence-electron chi connectivity index (χ3n) is 4.96. The molecule has 2 aromatic heterocycles. The molecule has 170 valence electrons. The summed E-state index contributed by atoms with van der Waals surface area (Å²) in [5.74, 6) is 0.211. The van der Waals surface area contributed by atoms with Crippen molar-refractivity contribution in [2.24, 2.45) is 4.99 Å². The number of rotatable bonds is 5. The summed E-state index contributed by atoms with van der Waals surface area (Å²) < 4.78 is 12.0. The lowest BCUT2D eigenvalue weighted by atomic mass is 9.94. The van der Waals surface area contributed by atoms with Crippen molar-refractivity contribution in [1.29, 1.82) is 10.5 Å². The average Bonchev–Trinajstić information content (AvgIpc) is 3.31. The maximum atomic E-state index is 11.6. The predicted molar refractivity (Wildman–Crippen MR) is 120 cm³/mol. The van der Waals surface area contributed by atoms with Gasteiger partial charge in [-0.2, -0.15) is 15.6 Å². The number of methoxy groups -OCH3 is 1. The molecule has 13 heteroatoms. The molecule has 0 saturated heterocycles. The highest BCUT2D eigenvalue weighted by Crippen LogP contribution is 2.43. The molecular weight excluding hydrogens is 440 g/mol. The van der Waals surface area contributed by atoms with E-state index in [0.717, 1.165) is 0 Å². The monoisotopic (exact) mass is 458 g/mol. The highest BCUT2D eigenvalue weighted by Gasteiger charge is 2.31. The van der Waals surface area contributed by atoms with Gasteiger partial charge in [0.1, 0.15) is 35.1 Å². The number of nitrogens with two attached hydrogens (primary N) is 2. The normalized spacial score (nSPS) is 14.0. The number of guanidine groups is 1. The third-order valence-corrected chi connectivity index (χ3v) is 4.96. The van der Waals surface area contributed by atoms with E-state index < -0.39 is 12.0 Å². The summed E-state index contributed by atoms with van der Waals surface area (Å²) >= 11 is 0. The van der Waals surface area contributed by atoms with Gasteiger partial charge < -0.3 is 26.3 Å². The van der Waals surface area contributed by atoms with Crippen molar-refractivity contribution in [2.75, 3.05) is 23.9 Å². The van der Waals surface area contributed by atoms with Gasteiger partial charge in [-0.25, -0.2) is 19.5 Å². The van der Waals surface area contributed by atoms with Gasteiger partial charge >= 0.3 is 5.97 Å². The van der Waals surface area contributed by atoms with E-state index in [4.69, 9.17) is 21.5 Å². The van der Waals surface area contributed by atoms with Crippen LogP contribution in [-0.4, -0.2) is 33.8 Å². The average molecular weight is 458 g/mol. The Hall–Kier alpha value is -5.30. The number of aromatic nitrogens is 3. The number of fused-ring (bicyclic) bond motifs is 1. The first-order valence-electron chi connectivity index (χ1n) is 9.79. The Morgan fingerprint density at radius 3 is 2.82 bits per heavy atom. The molecule has 1 atom stereocenters. The fourth-order valence-electron chi connectivity index (χ4n) is 3.43. The van der Waals surface area contributed by atoms with Crippen LogP contribution in [0.4, 0.5) is 17.3 Å². The molecule has 4 rings (SSSR count). The predicted octanol–water partition coefficient (Wildman–Crippen LogP) is 1.08. The molecule has 13 nitrogen and oxygen atoms in total. The Morgan fingerprint density at radius 2 is 2.09 bits per heavy atom. The second kappa shape index (κ2) is 9.05. The number of hydrogen-bond acceptors (Lipinski definition) is 12. The topological polar surface area (TPSA) is 202 Å². The Balaban J connectivity index is 1.73. The van der Waals surface area contributed by atoms with E-state index in [1.54, 1.807) is 36.7 Å². The Bertz CT molecular complexity index is 1380. The van der Waals surface area contributed by atoms with Crippen LogP contribution in [-0.2, 0) is 11.5 Å². The van der Waals surface area contributed by atoms with Crippen molar-refractivity contribution in [3.8, 4) is 18.0 Å². The number of aliphatic imine (C=N–C) groups is 1. The van der Waals surface area contributed by atoms with Crippen molar-refractivity contribution in [2.45, 2.75) is 12.8 Å². The summed E-state index contributed by atoms with van der Waals surface area (Å²) in [5, 5.41) is 28.0. The number of esters is 1.